The normalized spacial score (nSPS) is 10.2. The highest BCUT2D eigenvalue weighted by Gasteiger charge is 1.87. The lowest BCUT2D eigenvalue weighted by Crippen LogP contribution is -1.93. The van der Waals surface area contributed by atoms with Crippen molar-refractivity contribution in [3.63, 3.8) is 0 Å². The molecule has 0 atom stereocenters. The van der Waals surface area contributed by atoms with E-state index in [1.165, 1.54) is 19.3 Å². The lowest BCUT2D eigenvalue weighted by Gasteiger charge is -1.99. The van der Waals surface area contributed by atoms with Gasteiger partial charge in [-0.3, -0.25) is 0 Å². The van der Waals surface area contributed by atoms with Crippen LogP contribution >= 0.6 is 0 Å². The molecule has 1 radical (unpaired) electrons. The van der Waals surface area contributed by atoms with Crippen LogP contribution < -0.4 is 0 Å². The Morgan fingerprint density at radius 3 is 2.60 bits per heavy atom. The zero-order valence-corrected chi connectivity index (χ0v) is 7.23. The average Bonchev–Trinajstić information content (AvgIpc) is 1.97. The van der Waals surface area contributed by atoms with Crippen LogP contribution in [0.1, 0.15) is 39.5 Å². The van der Waals surface area contributed by atoms with Crippen molar-refractivity contribution in [2.45, 2.75) is 39.5 Å². The number of hydrogen-bond acceptors (Lipinski definition) is 1. The van der Waals surface area contributed by atoms with Crippen LogP contribution in [0.4, 0.5) is 0 Å². The van der Waals surface area contributed by atoms with Crippen LogP contribution in [0.25, 0.3) is 0 Å². The number of ether oxygens (including phenoxy) is 1. The zero-order valence-electron chi connectivity index (χ0n) is 7.23. The predicted molar refractivity (Wildman–Crippen MR) is 44.9 cm³/mol. The van der Waals surface area contributed by atoms with Crippen LogP contribution in [0.2, 0.25) is 0 Å². The molecule has 0 unspecified atom stereocenters. The summed E-state index contributed by atoms with van der Waals surface area (Å²) >= 11 is 0. The summed E-state index contributed by atoms with van der Waals surface area (Å²) in [7, 11) is 0. The maximum absolute atomic E-state index is 5.18. The third-order valence-corrected chi connectivity index (χ3v) is 1.43. The van der Waals surface area contributed by atoms with Crippen molar-refractivity contribution in [2.75, 3.05) is 13.2 Å². The molecule has 0 aliphatic rings. The molecule has 1 heteroatoms. The Morgan fingerprint density at radius 1 is 1.20 bits per heavy atom. The second kappa shape index (κ2) is 8.96. The van der Waals surface area contributed by atoms with E-state index in [2.05, 4.69) is 13.3 Å². The fourth-order valence-corrected chi connectivity index (χ4v) is 0.804. The van der Waals surface area contributed by atoms with E-state index in [9.17, 15) is 0 Å². The van der Waals surface area contributed by atoms with Gasteiger partial charge >= 0.3 is 0 Å². The fourth-order valence-electron chi connectivity index (χ4n) is 0.804. The molecule has 0 spiro atoms. The molecule has 0 aliphatic carbocycles. The minimum atomic E-state index is 0.849. The molecular formula is C9H19O. The van der Waals surface area contributed by atoms with Gasteiger partial charge in [0.25, 0.3) is 0 Å². The van der Waals surface area contributed by atoms with Crippen molar-refractivity contribution in [2.24, 2.45) is 0 Å². The van der Waals surface area contributed by atoms with Gasteiger partial charge in [0.1, 0.15) is 0 Å². The summed E-state index contributed by atoms with van der Waals surface area (Å²) in [5.41, 5.74) is 0. The molecule has 61 valence electrons. The Hall–Kier alpha value is -0.0400. The molecule has 0 heterocycles. The van der Waals surface area contributed by atoms with Crippen LogP contribution in [0, 0.1) is 6.42 Å². The largest absolute Gasteiger partial charge is 0.382 e. The molecular weight excluding hydrogens is 124 g/mol. The van der Waals surface area contributed by atoms with E-state index in [0.717, 1.165) is 19.6 Å². The van der Waals surface area contributed by atoms with Gasteiger partial charge in [-0.15, -0.1) is 0 Å². The average molecular weight is 143 g/mol. The van der Waals surface area contributed by atoms with E-state index in [-0.39, 0.29) is 0 Å². The van der Waals surface area contributed by atoms with Crippen molar-refractivity contribution >= 4 is 0 Å². The van der Waals surface area contributed by atoms with Crippen LogP contribution in [0.5, 0.6) is 0 Å². The quantitative estimate of drug-likeness (QED) is 0.498. The smallest absolute Gasteiger partial charge is 0.0468 e. The summed E-state index contributed by atoms with van der Waals surface area (Å²) in [6.45, 7) is 6.00. The Balaban J connectivity index is 2.65. The Morgan fingerprint density at radius 2 is 2.00 bits per heavy atom. The minimum Gasteiger partial charge on any atom is -0.382 e. The first kappa shape index (κ1) is 9.96. The van der Waals surface area contributed by atoms with Crippen molar-refractivity contribution in [3.8, 4) is 0 Å². The standard InChI is InChI=1S/C9H19O/c1-3-5-6-7-8-9-10-4-2/h7H,3-6,8-9H2,1-2H3. The SMILES string of the molecule is CCCC[CH]CCOCC. The fraction of sp³-hybridized carbons (Fsp3) is 0.889. The third kappa shape index (κ3) is 7.96. The second-order valence-corrected chi connectivity index (χ2v) is 2.42. The number of rotatable bonds is 7. The molecule has 0 bridgehead atoms. The molecule has 0 amide bonds. The van der Waals surface area contributed by atoms with Gasteiger partial charge in [0.15, 0.2) is 0 Å². The van der Waals surface area contributed by atoms with E-state index in [4.69, 9.17) is 4.74 Å². The molecule has 0 fully saturated rings. The predicted octanol–water partition coefficient (Wildman–Crippen LogP) is 2.81. The first-order valence-corrected chi connectivity index (χ1v) is 4.31. The van der Waals surface area contributed by atoms with Crippen LogP contribution in [-0.4, -0.2) is 13.2 Å². The maximum atomic E-state index is 5.18. The molecule has 0 aliphatic heterocycles. The topological polar surface area (TPSA) is 9.23 Å². The summed E-state index contributed by atoms with van der Waals surface area (Å²) in [6, 6.07) is 0. The van der Waals surface area contributed by atoms with E-state index in [0.29, 0.717) is 0 Å². The lowest BCUT2D eigenvalue weighted by molar-refractivity contribution is 0.149. The van der Waals surface area contributed by atoms with Gasteiger partial charge in [0, 0.05) is 13.2 Å². The van der Waals surface area contributed by atoms with Gasteiger partial charge < -0.3 is 4.74 Å². The van der Waals surface area contributed by atoms with Gasteiger partial charge in [-0.1, -0.05) is 26.2 Å². The minimum absolute atomic E-state index is 0.849. The summed E-state index contributed by atoms with van der Waals surface area (Å²) in [5, 5.41) is 0. The van der Waals surface area contributed by atoms with Crippen molar-refractivity contribution < 1.29 is 4.74 Å². The van der Waals surface area contributed by atoms with Crippen molar-refractivity contribution in [1.29, 1.82) is 0 Å². The molecule has 10 heavy (non-hydrogen) atoms. The molecule has 0 aromatic rings. The highest BCUT2D eigenvalue weighted by molar-refractivity contribution is 4.62. The van der Waals surface area contributed by atoms with Gasteiger partial charge in [-0.05, 0) is 19.8 Å². The van der Waals surface area contributed by atoms with Crippen molar-refractivity contribution in [3.05, 3.63) is 6.42 Å². The maximum Gasteiger partial charge on any atom is 0.0468 e. The molecule has 0 N–H and O–H groups in total. The van der Waals surface area contributed by atoms with E-state index < -0.39 is 0 Å². The van der Waals surface area contributed by atoms with E-state index in [1.54, 1.807) is 0 Å². The summed E-state index contributed by atoms with van der Waals surface area (Å²) in [6.07, 6.45) is 7.31. The summed E-state index contributed by atoms with van der Waals surface area (Å²) < 4.78 is 5.18. The molecule has 0 saturated carbocycles. The summed E-state index contributed by atoms with van der Waals surface area (Å²) in [4.78, 5) is 0. The van der Waals surface area contributed by atoms with Gasteiger partial charge in [-0.2, -0.15) is 0 Å². The van der Waals surface area contributed by atoms with Crippen LogP contribution in [0.3, 0.4) is 0 Å². The highest BCUT2D eigenvalue weighted by Crippen LogP contribution is 2.00. The zero-order chi connectivity index (χ0) is 7.66. The molecule has 1 nitrogen and oxygen atoms in total. The number of hydrogen-bond donors (Lipinski definition) is 0. The Kier molecular flexibility index (Phi) is 8.92. The van der Waals surface area contributed by atoms with Crippen LogP contribution in [0.15, 0.2) is 0 Å². The highest BCUT2D eigenvalue weighted by atomic mass is 16.5. The lowest BCUT2D eigenvalue weighted by atomic mass is 10.2. The summed E-state index contributed by atoms with van der Waals surface area (Å²) in [5.74, 6) is 0. The van der Waals surface area contributed by atoms with Gasteiger partial charge in [-0.25, -0.2) is 0 Å². The van der Waals surface area contributed by atoms with Gasteiger partial charge in [0.2, 0.25) is 0 Å². The Bertz CT molecular complexity index is 44.7. The second-order valence-electron chi connectivity index (χ2n) is 2.42. The molecule has 0 saturated heterocycles. The number of unbranched alkanes of at least 4 members (excludes halogenated alkanes) is 4. The Labute approximate surface area is 64.8 Å². The monoisotopic (exact) mass is 143 g/mol. The third-order valence-electron chi connectivity index (χ3n) is 1.43. The first-order valence-electron chi connectivity index (χ1n) is 4.31. The van der Waals surface area contributed by atoms with E-state index in [1.807, 2.05) is 6.92 Å². The molecule has 0 rings (SSSR count). The van der Waals surface area contributed by atoms with Gasteiger partial charge in [0.05, 0.1) is 0 Å². The van der Waals surface area contributed by atoms with E-state index >= 15 is 0 Å². The molecule has 0 aromatic carbocycles. The molecule has 0 aromatic heterocycles. The first-order chi connectivity index (χ1) is 4.91. The van der Waals surface area contributed by atoms with Crippen LogP contribution in [-0.2, 0) is 4.74 Å². The van der Waals surface area contributed by atoms with Crippen molar-refractivity contribution in [1.82, 2.24) is 0 Å².